The van der Waals surface area contributed by atoms with Gasteiger partial charge in [-0.15, -0.1) is 0 Å². The van der Waals surface area contributed by atoms with Crippen molar-refractivity contribution in [3.63, 3.8) is 0 Å². The van der Waals surface area contributed by atoms with Crippen molar-refractivity contribution in [2.75, 3.05) is 0 Å². The second-order valence-electron chi connectivity index (χ2n) is 2.47. The lowest BCUT2D eigenvalue weighted by atomic mass is 9.97. The maximum Gasteiger partial charge on any atom is 0.127 e. The standard InChI is InChI=1S/C8H13NO/c1-3-7(4-2)8-5-9-10-6-8/h5-7H,3-4H2,1-2H3. The molecule has 0 aromatic carbocycles. The molecule has 0 aliphatic carbocycles. The Morgan fingerprint density at radius 3 is 2.60 bits per heavy atom. The predicted octanol–water partition coefficient (Wildman–Crippen LogP) is 2.58. The van der Waals surface area contributed by atoms with Crippen LogP contribution < -0.4 is 0 Å². The van der Waals surface area contributed by atoms with E-state index in [2.05, 4.69) is 19.0 Å². The van der Waals surface area contributed by atoms with Crippen LogP contribution in [0.2, 0.25) is 0 Å². The first kappa shape index (κ1) is 7.32. The van der Waals surface area contributed by atoms with Gasteiger partial charge in [-0.3, -0.25) is 0 Å². The Morgan fingerprint density at radius 2 is 2.20 bits per heavy atom. The summed E-state index contributed by atoms with van der Waals surface area (Å²) >= 11 is 0. The Kier molecular flexibility index (Phi) is 2.49. The molecule has 0 amide bonds. The van der Waals surface area contributed by atoms with Crippen LogP contribution in [-0.4, -0.2) is 5.16 Å². The van der Waals surface area contributed by atoms with Crippen LogP contribution in [0.4, 0.5) is 0 Å². The largest absolute Gasteiger partial charge is 0.364 e. The summed E-state index contributed by atoms with van der Waals surface area (Å²) in [5, 5.41) is 3.66. The zero-order valence-electron chi connectivity index (χ0n) is 6.50. The summed E-state index contributed by atoms with van der Waals surface area (Å²) in [5.41, 5.74) is 1.23. The lowest BCUT2D eigenvalue weighted by molar-refractivity contribution is 0.417. The molecule has 0 spiro atoms. The summed E-state index contributed by atoms with van der Waals surface area (Å²) in [6.45, 7) is 4.36. The van der Waals surface area contributed by atoms with Crippen LogP contribution in [0, 0.1) is 0 Å². The Morgan fingerprint density at radius 1 is 1.50 bits per heavy atom. The summed E-state index contributed by atoms with van der Waals surface area (Å²) in [5.74, 6) is 0.631. The van der Waals surface area contributed by atoms with Gasteiger partial charge >= 0.3 is 0 Å². The van der Waals surface area contributed by atoms with Crippen LogP contribution in [0.3, 0.4) is 0 Å². The molecule has 0 saturated heterocycles. The molecule has 0 radical (unpaired) electrons. The quantitative estimate of drug-likeness (QED) is 0.643. The number of hydrogen-bond acceptors (Lipinski definition) is 2. The summed E-state index contributed by atoms with van der Waals surface area (Å²) in [6.07, 6.45) is 5.87. The van der Waals surface area contributed by atoms with Gasteiger partial charge < -0.3 is 4.52 Å². The average Bonchev–Trinajstić information content (AvgIpc) is 2.43. The molecule has 0 saturated carbocycles. The van der Waals surface area contributed by atoms with Gasteiger partial charge in [-0.2, -0.15) is 0 Å². The van der Waals surface area contributed by atoms with E-state index in [-0.39, 0.29) is 0 Å². The number of rotatable bonds is 3. The molecule has 0 N–H and O–H groups in total. The topological polar surface area (TPSA) is 26.0 Å². The molecule has 1 heterocycles. The minimum absolute atomic E-state index is 0.631. The van der Waals surface area contributed by atoms with Crippen LogP contribution in [0.15, 0.2) is 17.0 Å². The van der Waals surface area contributed by atoms with Crippen molar-refractivity contribution >= 4 is 0 Å². The van der Waals surface area contributed by atoms with Crippen molar-refractivity contribution in [3.8, 4) is 0 Å². The molecule has 0 atom stereocenters. The molecule has 0 aliphatic heterocycles. The number of aromatic nitrogens is 1. The first-order chi connectivity index (χ1) is 4.88. The monoisotopic (exact) mass is 139 g/mol. The van der Waals surface area contributed by atoms with Crippen molar-refractivity contribution < 1.29 is 4.52 Å². The third-order valence-electron chi connectivity index (χ3n) is 1.91. The zero-order chi connectivity index (χ0) is 7.40. The Bertz CT molecular complexity index is 165. The van der Waals surface area contributed by atoms with Crippen LogP contribution in [0.1, 0.15) is 38.2 Å². The van der Waals surface area contributed by atoms with E-state index in [1.54, 1.807) is 12.5 Å². The van der Waals surface area contributed by atoms with Crippen LogP contribution in [0.25, 0.3) is 0 Å². The summed E-state index contributed by atoms with van der Waals surface area (Å²) in [7, 11) is 0. The Hall–Kier alpha value is -0.790. The van der Waals surface area contributed by atoms with Crippen molar-refractivity contribution in [2.45, 2.75) is 32.6 Å². The van der Waals surface area contributed by atoms with Gasteiger partial charge in [-0.05, 0) is 18.8 Å². The molecular formula is C8H13NO. The SMILES string of the molecule is CCC(CC)c1cnoc1. The van der Waals surface area contributed by atoms with Gasteiger partial charge in [0.05, 0.1) is 6.20 Å². The van der Waals surface area contributed by atoms with Crippen LogP contribution in [0.5, 0.6) is 0 Å². The van der Waals surface area contributed by atoms with Crippen molar-refractivity contribution in [2.24, 2.45) is 0 Å². The maximum absolute atomic E-state index is 4.75. The molecule has 1 aromatic rings. The fourth-order valence-electron chi connectivity index (χ4n) is 1.17. The van der Waals surface area contributed by atoms with E-state index < -0.39 is 0 Å². The summed E-state index contributed by atoms with van der Waals surface area (Å²) < 4.78 is 4.75. The van der Waals surface area contributed by atoms with Gasteiger partial charge in [0.15, 0.2) is 0 Å². The first-order valence-electron chi connectivity index (χ1n) is 3.77. The Labute approximate surface area is 61.2 Å². The molecule has 0 aliphatic rings. The van der Waals surface area contributed by atoms with Crippen molar-refractivity contribution in [1.29, 1.82) is 0 Å². The molecule has 2 heteroatoms. The van der Waals surface area contributed by atoms with E-state index >= 15 is 0 Å². The normalized spacial score (nSPS) is 10.7. The molecule has 56 valence electrons. The van der Waals surface area contributed by atoms with Crippen LogP contribution >= 0.6 is 0 Å². The average molecular weight is 139 g/mol. The predicted molar refractivity (Wildman–Crippen MR) is 39.8 cm³/mol. The van der Waals surface area contributed by atoms with Gasteiger partial charge in [0.25, 0.3) is 0 Å². The van der Waals surface area contributed by atoms with Gasteiger partial charge in [-0.1, -0.05) is 19.0 Å². The highest BCUT2D eigenvalue weighted by molar-refractivity contribution is 5.07. The summed E-state index contributed by atoms with van der Waals surface area (Å²) in [6, 6.07) is 0. The van der Waals surface area contributed by atoms with E-state index in [0.29, 0.717) is 5.92 Å². The third kappa shape index (κ3) is 1.38. The second kappa shape index (κ2) is 3.40. The van der Waals surface area contributed by atoms with Crippen molar-refractivity contribution in [3.05, 3.63) is 18.0 Å². The highest BCUT2D eigenvalue weighted by atomic mass is 16.5. The van der Waals surface area contributed by atoms with Gasteiger partial charge in [0, 0.05) is 5.56 Å². The van der Waals surface area contributed by atoms with E-state index in [0.717, 1.165) is 12.8 Å². The fourth-order valence-corrected chi connectivity index (χ4v) is 1.17. The molecule has 10 heavy (non-hydrogen) atoms. The van der Waals surface area contributed by atoms with E-state index in [1.807, 2.05) is 0 Å². The van der Waals surface area contributed by atoms with Crippen molar-refractivity contribution in [1.82, 2.24) is 5.16 Å². The highest BCUT2D eigenvalue weighted by Gasteiger charge is 2.07. The smallest absolute Gasteiger partial charge is 0.127 e. The van der Waals surface area contributed by atoms with Crippen LogP contribution in [-0.2, 0) is 0 Å². The van der Waals surface area contributed by atoms with Gasteiger partial charge in [0.1, 0.15) is 6.26 Å². The zero-order valence-corrected chi connectivity index (χ0v) is 6.50. The molecule has 0 fully saturated rings. The minimum atomic E-state index is 0.631. The van der Waals surface area contributed by atoms with Gasteiger partial charge in [-0.25, -0.2) is 0 Å². The molecule has 0 unspecified atom stereocenters. The minimum Gasteiger partial charge on any atom is -0.364 e. The number of hydrogen-bond donors (Lipinski definition) is 0. The Balaban J connectivity index is 2.64. The lowest BCUT2D eigenvalue weighted by Crippen LogP contribution is -1.91. The second-order valence-corrected chi connectivity index (χ2v) is 2.47. The summed E-state index contributed by atoms with van der Waals surface area (Å²) in [4.78, 5) is 0. The fraction of sp³-hybridized carbons (Fsp3) is 0.625. The first-order valence-corrected chi connectivity index (χ1v) is 3.77. The highest BCUT2D eigenvalue weighted by Crippen LogP contribution is 2.21. The van der Waals surface area contributed by atoms with Gasteiger partial charge in [0.2, 0.25) is 0 Å². The molecule has 1 aromatic heterocycles. The lowest BCUT2D eigenvalue weighted by Gasteiger charge is -2.06. The molecule has 2 nitrogen and oxygen atoms in total. The maximum atomic E-state index is 4.75. The van der Waals surface area contributed by atoms with E-state index in [9.17, 15) is 0 Å². The van der Waals surface area contributed by atoms with E-state index in [4.69, 9.17) is 4.52 Å². The van der Waals surface area contributed by atoms with E-state index in [1.165, 1.54) is 5.56 Å². The molecular weight excluding hydrogens is 126 g/mol. The molecule has 0 bridgehead atoms. The molecule has 1 rings (SSSR count). The number of nitrogens with zero attached hydrogens (tertiary/aromatic N) is 1. The third-order valence-corrected chi connectivity index (χ3v) is 1.91.